The number of rotatable bonds is 7. The second-order valence-corrected chi connectivity index (χ2v) is 19.2. The molecule has 2 heterocycles. The molecule has 2 aromatic heterocycles. The van der Waals surface area contributed by atoms with Crippen molar-refractivity contribution in [1.82, 2.24) is 4.57 Å². The van der Waals surface area contributed by atoms with E-state index >= 15 is 0 Å². The summed E-state index contributed by atoms with van der Waals surface area (Å²) in [6, 6.07) is 88.6. The molecule has 330 valence electrons. The molecular formula is C67H46N2O. The largest absolute Gasteiger partial charge is 0.455 e. The van der Waals surface area contributed by atoms with Gasteiger partial charge in [-0.15, -0.1) is 0 Å². The summed E-state index contributed by atoms with van der Waals surface area (Å²) in [5.41, 5.74) is 20.4. The molecule has 0 bridgehead atoms. The molecule has 0 unspecified atom stereocenters. The molecule has 0 amide bonds. The van der Waals surface area contributed by atoms with Crippen LogP contribution in [0.2, 0.25) is 0 Å². The molecule has 0 radical (unpaired) electrons. The third-order valence-corrected chi connectivity index (χ3v) is 15.0. The first-order chi connectivity index (χ1) is 34.5. The summed E-state index contributed by atoms with van der Waals surface area (Å²) in [7, 11) is 0. The maximum Gasteiger partial charge on any atom is 0.145 e. The number of para-hydroxylation sites is 5. The van der Waals surface area contributed by atoms with Crippen molar-refractivity contribution in [3.63, 3.8) is 0 Å². The van der Waals surface area contributed by atoms with Gasteiger partial charge in [0.25, 0.3) is 0 Å². The van der Waals surface area contributed by atoms with E-state index in [1.165, 1.54) is 66.0 Å². The van der Waals surface area contributed by atoms with Gasteiger partial charge in [0.1, 0.15) is 11.2 Å². The summed E-state index contributed by atoms with van der Waals surface area (Å²) in [5.74, 6) is 0. The summed E-state index contributed by atoms with van der Waals surface area (Å²) in [5, 5.41) is 7.05. The Morgan fingerprint density at radius 2 is 0.914 bits per heavy atom. The molecule has 70 heavy (non-hydrogen) atoms. The summed E-state index contributed by atoms with van der Waals surface area (Å²) < 4.78 is 9.45. The lowest BCUT2D eigenvalue weighted by Gasteiger charge is -2.31. The van der Waals surface area contributed by atoms with Crippen LogP contribution in [0.1, 0.15) is 25.0 Å². The Morgan fingerprint density at radius 3 is 1.69 bits per heavy atom. The summed E-state index contributed by atoms with van der Waals surface area (Å²) in [6.07, 6.45) is 0. The highest BCUT2D eigenvalue weighted by atomic mass is 16.3. The number of nitrogens with zero attached hydrogens (tertiary/aromatic N) is 2. The molecule has 13 aromatic rings. The fourth-order valence-corrected chi connectivity index (χ4v) is 11.7. The van der Waals surface area contributed by atoms with Crippen molar-refractivity contribution in [2.24, 2.45) is 0 Å². The van der Waals surface area contributed by atoms with Gasteiger partial charge in [0.2, 0.25) is 0 Å². The van der Waals surface area contributed by atoms with Crippen LogP contribution in [0, 0.1) is 0 Å². The van der Waals surface area contributed by atoms with Crippen LogP contribution in [-0.4, -0.2) is 4.57 Å². The lowest BCUT2D eigenvalue weighted by Crippen LogP contribution is -2.15. The lowest BCUT2D eigenvalue weighted by atomic mass is 9.81. The standard InChI is InChI=1S/C67H46N2O/c1-67(2)57-28-11-5-22-51(57)52-39-36-45(42-58(52)67)48-21-6-12-29-59(48)69(62-32-15-7-23-53(62)50-27-17-19-43-18-3-4-20-47(43)50)63-41-40-49(66-65(63)56-26-10-16-33-64(56)70-66)44-34-37-46(38-35-44)68-60-30-13-8-24-54(60)55-25-9-14-31-61(55)68/h3-42H,1-2H3. The van der Waals surface area contributed by atoms with Crippen molar-refractivity contribution in [1.29, 1.82) is 0 Å². The van der Waals surface area contributed by atoms with Crippen molar-refractivity contribution in [3.05, 3.63) is 254 Å². The minimum atomic E-state index is -0.142. The molecule has 0 saturated carbocycles. The molecule has 14 rings (SSSR count). The van der Waals surface area contributed by atoms with Crippen LogP contribution in [-0.2, 0) is 5.41 Å². The molecule has 0 atom stereocenters. The second kappa shape index (κ2) is 15.6. The van der Waals surface area contributed by atoms with Gasteiger partial charge in [-0.1, -0.05) is 196 Å². The number of hydrogen-bond donors (Lipinski definition) is 0. The molecular weight excluding hydrogens is 849 g/mol. The maximum absolute atomic E-state index is 7.08. The molecule has 1 aliphatic rings. The zero-order chi connectivity index (χ0) is 46.5. The van der Waals surface area contributed by atoms with Crippen LogP contribution in [0.25, 0.3) is 105 Å². The maximum atomic E-state index is 7.08. The van der Waals surface area contributed by atoms with Crippen LogP contribution in [0.4, 0.5) is 17.1 Å². The van der Waals surface area contributed by atoms with Crippen LogP contribution in [0.15, 0.2) is 247 Å². The zero-order valence-electron chi connectivity index (χ0n) is 38.9. The monoisotopic (exact) mass is 894 g/mol. The van der Waals surface area contributed by atoms with E-state index in [-0.39, 0.29) is 5.41 Å². The molecule has 0 spiro atoms. The number of anilines is 3. The van der Waals surface area contributed by atoms with E-state index in [0.29, 0.717) is 0 Å². The molecule has 11 aromatic carbocycles. The number of hydrogen-bond acceptors (Lipinski definition) is 2. The minimum absolute atomic E-state index is 0.142. The Kier molecular flexibility index (Phi) is 8.93. The van der Waals surface area contributed by atoms with Crippen molar-refractivity contribution in [2.75, 3.05) is 4.90 Å². The number of aromatic nitrogens is 1. The fraction of sp³-hybridized carbons (Fsp3) is 0.0448. The van der Waals surface area contributed by atoms with E-state index in [9.17, 15) is 0 Å². The van der Waals surface area contributed by atoms with E-state index in [1.807, 2.05) is 0 Å². The zero-order valence-corrected chi connectivity index (χ0v) is 38.9. The molecule has 0 fully saturated rings. The molecule has 3 nitrogen and oxygen atoms in total. The van der Waals surface area contributed by atoms with Crippen molar-refractivity contribution in [2.45, 2.75) is 19.3 Å². The Labute approximate surface area is 406 Å². The van der Waals surface area contributed by atoms with Gasteiger partial charge in [-0.3, -0.25) is 0 Å². The molecule has 3 heteroatoms. The van der Waals surface area contributed by atoms with Gasteiger partial charge in [-0.25, -0.2) is 0 Å². The predicted molar refractivity (Wildman–Crippen MR) is 294 cm³/mol. The van der Waals surface area contributed by atoms with E-state index in [2.05, 4.69) is 266 Å². The van der Waals surface area contributed by atoms with Crippen molar-refractivity contribution in [3.8, 4) is 50.2 Å². The van der Waals surface area contributed by atoms with Gasteiger partial charge in [0.05, 0.1) is 33.5 Å². The Balaban J connectivity index is 1.00. The first-order valence-corrected chi connectivity index (χ1v) is 24.3. The summed E-state index contributed by atoms with van der Waals surface area (Å²) >= 11 is 0. The predicted octanol–water partition coefficient (Wildman–Crippen LogP) is 18.6. The van der Waals surface area contributed by atoms with Crippen LogP contribution >= 0.6 is 0 Å². The fourth-order valence-electron chi connectivity index (χ4n) is 11.7. The molecule has 0 saturated heterocycles. The highest BCUT2D eigenvalue weighted by Crippen LogP contribution is 2.53. The van der Waals surface area contributed by atoms with Crippen molar-refractivity contribution < 1.29 is 4.42 Å². The minimum Gasteiger partial charge on any atom is -0.455 e. The van der Waals surface area contributed by atoms with Gasteiger partial charge in [0.15, 0.2) is 0 Å². The number of furan rings is 1. The quantitative estimate of drug-likeness (QED) is 0.159. The SMILES string of the molecule is CC1(C)c2ccccc2-c2ccc(-c3ccccc3N(c3ccccc3-c3cccc4ccccc34)c3ccc(-c4ccc(-n5c6ccccc6c6ccccc65)cc4)c4oc5ccccc5c34)cc21. The first-order valence-electron chi connectivity index (χ1n) is 24.3. The van der Waals surface area contributed by atoms with Crippen molar-refractivity contribution >= 4 is 71.6 Å². The highest BCUT2D eigenvalue weighted by Gasteiger charge is 2.36. The van der Waals surface area contributed by atoms with Gasteiger partial charge in [-0.2, -0.15) is 0 Å². The van der Waals surface area contributed by atoms with E-state index in [0.717, 1.165) is 66.9 Å². The summed E-state index contributed by atoms with van der Waals surface area (Å²) in [6.45, 7) is 4.72. The Bertz CT molecular complexity index is 4170. The molecule has 0 aliphatic heterocycles. The van der Waals surface area contributed by atoms with Crippen LogP contribution in [0.5, 0.6) is 0 Å². The molecule has 1 aliphatic carbocycles. The average Bonchev–Trinajstić information content (AvgIpc) is 4.05. The first kappa shape index (κ1) is 40.2. The highest BCUT2D eigenvalue weighted by molar-refractivity contribution is 6.18. The lowest BCUT2D eigenvalue weighted by molar-refractivity contribution is 0.660. The number of fused-ring (bicyclic) bond motifs is 10. The second-order valence-electron chi connectivity index (χ2n) is 19.2. The number of benzene rings is 11. The van der Waals surface area contributed by atoms with Crippen LogP contribution in [0.3, 0.4) is 0 Å². The third-order valence-electron chi connectivity index (χ3n) is 15.0. The van der Waals surface area contributed by atoms with Gasteiger partial charge in [0, 0.05) is 44.0 Å². The summed E-state index contributed by atoms with van der Waals surface area (Å²) in [4.78, 5) is 2.50. The van der Waals surface area contributed by atoms with Crippen LogP contribution < -0.4 is 4.90 Å². The topological polar surface area (TPSA) is 21.3 Å². The average molecular weight is 895 g/mol. The normalized spacial score (nSPS) is 12.8. The Hall–Kier alpha value is -8.92. The van der Waals surface area contributed by atoms with E-state index in [1.54, 1.807) is 0 Å². The van der Waals surface area contributed by atoms with E-state index in [4.69, 9.17) is 4.42 Å². The van der Waals surface area contributed by atoms with E-state index < -0.39 is 0 Å². The Morgan fingerprint density at radius 1 is 0.371 bits per heavy atom. The third kappa shape index (κ3) is 6.01. The smallest absolute Gasteiger partial charge is 0.145 e. The van der Waals surface area contributed by atoms with Gasteiger partial charge >= 0.3 is 0 Å². The molecule has 0 N–H and O–H groups in total. The van der Waals surface area contributed by atoms with Gasteiger partial charge in [-0.05, 0) is 110 Å². The van der Waals surface area contributed by atoms with Gasteiger partial charge < -0.3 is 13.9 Å².